The fourth-order valence-corrected chi connectivity index (χ4v) is 4.59. The van der Waals surface area contributed by atoms with E-state index in [1.54, 1.807) is 24.3 Å². The van der Waals surface area contributed by atoms with Crippen LogP contribution in [0.4, 0.5) is 10.5 Å². The summed E-state index contributed by atoms with van der Waals surface area (Å²) in [5.41, 5.74) is 3.74. The molecule has 0 saturated heterocycles. The van der Waals surface area contributed by atoms with E-state index in [2.05, 4.69) is 45.9 Å². The van der Waals surface area contributed by atoms with Crippen molar-refractivity contribution >= 4 is 23.5 Å². The van der Waals surface area contributed by atoms with Gasteiger partial charge in [-0.2, -0.15) is 0 Å². The average Bonchev–Trinajstić information content (AvgIpc) is 3.58. The molecule has 0 spiro atoms. The van der Waals surface area contributed by atoms with Crippen molar-refractivity contribution in [1.82, 2.24) is 36.1 Å². The van der Waals surface area contributed by atoms with Crippen molar-refractivity contribution in [3.8, 4) is 0 Å². The first-order valence-electron chi connectivity index (χ1n) is 12.4. The highest BCUT2D eigenvalue weighted by Gasteiger charge is 2.31. The Hall–Kier alpha value is -5.07. The van der Waals surface area contributed by atoms with E-state index in [0.717, 1.165) is 29.6 Å². The van der Waals surface area contributed by atoms with Gasteiger partial charge in [-0.05, 0) is 48.1 Å². The second-order valence-electron chi connectivity index (χ2n) is 9.11. The van der Waals surface area contributed by atoms with Gasteiger partial charge in [-0.25, -0.2) is 19.6 Å². The molecule has 13 heteroatoms. The maximum Gasteiger partial charge on any atom is 0.438 e. The Kier molecular flexibility index (Phi) is 7.30. The minimum absolute atomic E-state index is 0.0707. The van der Waals surface area contributed by atoms with Gasteiger partial charge in [-0.3, -0.25) is 19.1 Å². The summed E-state index contributed by atoms with van der Waals surface area (Å²) in [5, 5.41) is 14.7. The van der Waals surface area contributed by atoms with Gasteiger partial charge in [0.25, 0.3) is 11.8 Å². The van der Waals surface area contributed by atoms with Crippen molar-refractivity contribution in [2.24, 2.45) is 0 Å². The van der Waals surface area contributed by atoms with Gasteiger partial charge < -0.3 is 21.3 Å². The third kappa shape index (κ3) is 5.92. The van der Waals surface area contributed by atoms with Gasteiger partial charge in [0.1, 0.15) is 17.7 Å². The summed E-state index contributed by atoms with van der Waals surface area (Å²) in [7, 11) is 1.53. The Balaban J connectivity index is 1.17. The standard InChI is InChI=1S/C26H26N8O5/c1-27-25(37)31-17-6-2-14(3-7-17)12-28-23(35)20-11-21(30-13-29-20)24(36)32-19-9-5-15-10-16(4-8-18(15)19)22-33-26(38)39-34-22/h2-3,6-8,10-11,13,16,19H,4-5,9,12H2,1H3,(H,28,35)(H,32,36)(H2,27,31,37)(H,33,34,38)/t16?,19-/m0/s1. The molecule has 2 aliphatic rings. The smallest absolute Gasteiger partial charge is 0.347 e. The molecule has 1 fully saturated rings. The van der Waals surface area contributed by atoms with Crippen LogP contribution >= 0.6 is 0 Å². The Morgan fingerprint density at radius 2 is 1.87 bits per heavy atom. The Morgan fingerprint density at radius 3 is 2.59 bits per heavy atom. The van der Waals surface area contributed by atoms with Crippen LogP contribution in [0.3, 0.4) is 0 Å². The molecule has 5 rings (SSSR count). The maximum absolute atomic E-state index is 13.0. The molecule has 4 amide bonds. The van der Waals surface area contributed by atoms with Gasteiger partial charge in [0.15, 0.2) is 5.82 Å². The molecule has 200 valence electrons. The monoisotopic (exact) mass is 530 g/mol. The molecule has 0 bridgehead atoms. The lowest BCUT2D eigenvalue weighted by Crippen LogP contribution is -2.35. The van der Waals surface area contributed by atoms with Crippen molar-refractivity contribution in [2.45, 2.75) is 37.8 Å². The molecule has 1 unspecified atom stereocenters. The quantitative estimate of drug-likeness (QED) is 0.306. The summed E-state index contributed by atoms with van der Waals surface area (Å²) in [6, 6.07) is 7.86. The van der Waals surface area contributed by atoms with Gasteiger partial charge in [-0.15, -0.1) is 0 Å². The van der Waals surface area contributed by atoms with E-state index in [0.29, 0.717) is 17.9 Å². The first-order chi connectivity index (χ1) is 18.9. The van der Waals surface area contributed by atoms with Crippen LogP contribution in [0.2, 0.25) is 0 Å². The first kappa shape index (κ1) is 25.6. The fourth-order valence-electron chi connectivity index (χ4n) is 4.59. The van der Waals surface area contributed by atoms with E-state index < -0.39 is 17.6 Å². The number of H-pyrrole nitrogens is 1. The predicted octanol–water partition coefficient (Wildman–Crippen LogP) is 1.77. The van der Waals surface area contributed by atoms with Crippen LogP contribution in [-0.4, -0.2) is 51.0 Å². The van der Waals surface area contributed by atoms with Gasteiger partial charge >= 0.3 is 11.8 Å². The van der Waals surface area contributed by atoms with Crippen LogP contribution in [0.5, 0.6) is 0 Å². The minimum Gasteiger partial charge on any atom is -0.347 e. The van der Waals surface area contributed by atoms with Crippen LogP contribution in [0, 0.1) is 0 Å². The van der Waals surface area contributed by atoms with E-state index in [9.17, 15) is 19.2 Å². The number of hydrogen-bond acceptors (Lipinski definition) is 8. The van der Waals surface area contributed by atoms with Crippen LogP contribution in [0.1, 0.15) is 57.5 Å². The van der Waals surface area contributed by atoms with Crippen LogP contribution in [0.15, 0.2) is 69.3 Å². The zero-order valence-electron chi connectivity index (χ0n) is 21.0. The van der Waals surface area contributed by atoms with E-state index >= 15 is 0 Å². The molecule has 2 aromatic heterocycles. The first-order valence-corrected chi connectivity index (χ1v) is 12.4. The number of rotatable bonds is 7. The lowest BCUT2D eigenvalue weighted by Gasteiger charge is -2.20. The number of benzene rings is 1. The van der Waals surface area contributed by atoms with Crippen LogP contribution in [0.25, 0.3) is 0 Å². The summed E-state index contributed by atoms with van der Waals surface area (Å²) in [6.45, 7) is 0.235. The van der Waals surface area contributed by atoms with E-state index in [4.69, 9.17) is 0 Å². The molecule has 13 nitrogen and oxygen atoms in total. The SMILES string of the molecule is CNC(=O)Nc1ccc(CNC(=O)c2cc(C(=O)N[C@H]3CCC4=CC(c5noc(=O)[nH]5)CC=C43)ncn2)cc1. The number of carbonyl (C=O) groups excluding carboxylic acids is 3. The molecule has 5 N–H and O–H groups in total. The fraction of sp³-hybridized carbons (Fsp3) is 0.269. The van der Waals surface area contributed by atoms with E-state index in [-0.39, 0.29) is 35.9 Å². The summed E-state index contributed by atoms with van der Waals surface area (Å²) >= 11 is 0. The Labute approximate surface area is 222 Å². The highest BCUT2D eigenvalue weighted by Crippen LogP contribution is 2.38. The summed E-state index contributed by atoms with van der Waals surface area (Å²) in [6.07, 6.45) is 7.40. The van der Waals surface area contributed by atoms with Gasteiger partial charge in [0.2, 0.25) is 0 Å². The number of aromatic amines is 1. The zero-order chi connectivity index (χ0) is 27.4. The molecule has 39 heavy (non-hydrogen) atoms. The zero-order valence-corrected chi connectivity index (χ0v) is 21.0. The third-order valence-electron chi connectivity index (χ3n) is 6.58. The number of amides is 4. The number of nitrogens with one attached hydrogen (secondary N) is 5. The number of allylic oxidation sites excluding steroid dienone is 2. The molecule has 0 aliphatic heterocycles. The molecular formula is C26H26N8O5. The topological polar surface area (TPSA) is 184 Å². The van der Waals surface area contributed by atoms with Crippen LogP contribution < -0.4 is 27.0 Å². The number of nitrogens with zero attached hydrogens (tertiary/aromatic N) is 3. The Morgan fingerprint density at radius 1 is 1.10 bits per heavy atom. The number of urea groups is 1. The minimum atomic E-state index is -0.585. The molecule has 2 aliphatic carbocycles. The number of hydrogen-bond donors (Lipinski definition) is 5. The third-order valence-corrected chi connectivity index (χ3v) is 6.58. The van der Waals surface area contributed by atoms with Crippen molar-refractivity contribution in [1.29, 1.82) is 0 Å². The van der Waals surface area contributed by atoms with Crippen LogP contribution in [-0.2, 0) is 6.54 Å². The number of carbonyl (C=O) groups is 3. The van der Waals surface area contributed by atoms with Gasteiger partial charge in [0, 0.05) is 31.3 Å². The molecule has 1 aromatic carbocycles. The molecular weight excluding hydrogens is 504 g/mol. The second-order valence-corrected chi connectivity index (χ2v) is 9.11. The van der Waals surface area contributed by atoms with Crippen molar-refractivity contribution in [3.63, 3.8) is 0 Å². The molecule has 2 heterocycles. The second kappa shape index (κ2) is 11.1. The number of fused-ring (bicyclic) bond motifs is 1. The lowest BCUT2D eigenvalue weighted by atomic mass is 9.90. The van der Waals surface area contributed by atoms with Crippen molar-refractivity contribution in [2.75, 3.05) is 12.4 Å². The van der Waals surface area contributed by atoms with E-state index in [1.165, 1.54) is 19.4 Å². The summed E-state index contributed by atoms with van der Waals surface area (Å²) < 4.78 is 4.61. The van der Waals surface area contributed by atoms with Gasteiger partial charge in [0.05, 0.1) is 6.04 Å². The van der Waals surface area contributed by atoms with Gasteiger partial charge in [-0.1, -0.05) is 29.4 Å². The van der Waals surface area contributed by atoms with Crippen molar-refractivity contribution in [3.05, 3.63) is 93.3 Å². The summed E-state index contributed by atoms with van der Waals surface area (Å²) in [4.78, 5) is 59.0. The average molecular weight is 531 g/mol. The largest absolute Gasteiger partial charge is 0.438 e. The highest BCUT2D eigenvalue weighted by atomic mass is 16.5. The molecule has 0 radical (unpaired) electrons. The maximum atomic E-state index is 13.0. The number of anilines is 1. The Bertz CT molecular complexity index is 1520. The molecule has 3 aromatic rings. The lowest BCUT2D eigenvalue weighted by molar-refractivity contribution is 0.0938. The summed E-state index contributed by atoms with van der Waals surface area (Å²) in [5.74, 6) is -1.03. The normalized spacial score (nSPS) is 17.9. The molecule has 1 saturated carbocycles. The number of aromatic nitrogens is 4. The molecule has 2 atom stereocenters. The highest BCUT2D eigenvalue weighted by molar-refractivity contribution is 5.97. The predicted molar refractivity (Wildman–Crippen MR) is 139 cm³/mol. The van der Waals surface area contributed by atoms with E-state index in [1.807, 2.05) is 12.2 Å². The van der Waals surface area contributed by atoms with Crippen molar-refractivity contribution < 1.29 is 18.9 Å².